The van der Waals surface area contributed by atoms with Gasteiger partial charge in [-0.05, 0) is 34.1 Å². The number of benzene rings is 1. The van der Waals surface area contributed by atoms with Crippen molar-refractivity contribution < 1.29 is 4.79 Å². The number of amides is 1. The number of hydrogen-bond donors (Lipinski definition) is 3. The van der Waals surface area contributed by atoms with Crippen LogP contribution in [0.1, 0.15) is 13.8 Å². The fraction of sp³-hybridized carbons (Fsp3) is 0.364. The summed E-state index contributed by atoms with van der Waals surface area (Å²) in [6.07, 6.45) is 0. The summed E-state index contributed by atoms with van der Waals surface area (Å²) in [4.78, 5) is 12.5. The first-order valence-corrected chi connectivity index (χ1v) is 6.85. The molecule has 6 heteroatoms. The maximum absolute atomic E-state index is 11.4. The van der Waals surface area contributed by atoms with Crippen LogP contribution >= 0.6 is 27.7 Å². The van der Waals surface area contributed by atoms with Crippen LogP contribution in [0, 0.1) is 5.92 Å². The number of hydrogen-bond acceptors (Lipinski definition) is 4. The van der Waals surface area contributed by atoms with Crippen molar-refractivity contribution in [2.45, 2.75) is 24.0 Å². The molecule has 0 aromatic heterocycles. The first-order valence-electron chi connectivity index (χ1n) is 5.18. The molecular formula is C11H16BrN3OS. The quantitative estimate of drug-likeness (QED) is 0.261. The summed E-state index contributed by atoms with van der Waals surface area (Å²) in [6, 6.07) is 5.63. The molecule has 1 aromatic carbocycles. The van der Waals surface area contributed by atoms with Gasteiger partial charge >= 0.3 is 0 Å². The minimum atomic E-state index is -0.158. The molecule has 1 rings (SSSR count). The Balaban J connectivity index is 2.74. The monoisotopic (exact) mass is 317 g/mol. The van der Waals surface area contributed by atoms with Gasteiger partial charge in [-0.15, -0.1) is 11.8 Å². The van der Waals surface area contributed by atoms with Crippen molar-refractivity contribution in [3.8, 4) is 0 Å². The Hall–Kier alpha value is -0.720. The Bertz CT molecular complexity index is 414. The predicted octanol–water partition coefficient (Wildman–Crippen LogP) is 2.14. The Morgan fingerprint density at radius 3 is 2.65 bits per heavy atom. The molecule has 1 aromatic rings. The first-order chi connectivity index (χ1) is 7.95. The van der Waals surface area contributed by atoms with Gasteiger partial charge in [-0.2, -0.15) is 0 Å². The Labute approximate surface area is 114 Å². The number of nitrogens with one attached hydrogen (secondary N) is 1. The van der Waals surface area contributed by atoms with Gasteiger partial charge in [-0.3, -0.25) is 10.2 Å². The molecule has 0 fully saturated rings. The molecule has 1 amide bonds. The zero-order valence-corrected chi connectivity index (χ0v) is 12.1. The number of halogens is 1. The normalized spacial score (nSPS) is 14.1. The average molecular weight is 318 g/mol. The number of rotatable bonds is 4. The molecule has 2 unspecified atom stereocenters. The molecule has 2 atom stereocenters. The zero-order chi connectivity index (χ0) is 13.0. The molecule has 0 radical (unpaired) electrons. The molecule has 0 spiro atoms. The SMILES string of the molecule is CC(Sc1ccc(N)cc1Br)C(C)C(=O)NN. The van der Waals surface area contributed by atoms with Gasteiger partial charge in [-0.1, -0.05) is 13.8 Å². The number of thioether (sulfide) groups is 1. The van der Waals surface area contributed by atoms with E-state index in [-0.39, 0.29) is 17.1 Å². The highest BCUT2D eigenvalue weighted by atomic mass is 79.9. The molecule has 0 saturated heterocycles. The van der Waals surface area contributed by atoms with E-state index in [1.165, 1.54) is 0 Å². The van der Waals surface area contributed by atoms with Gasteiger partial charge in [0, 0.05) is 26.2 Å². The maximum atomic E-state index is 11.4. The van der Waals surface area contributed by atoms with Crippen LogP contribution in [0.3, 0.4) is 0 Å². The molecule has 0 heterocycles. The first kappa shape index (κ1) is 14.3. The van der Waals surface area contributed by atoms with Gasteiger partial charge in [0.05, 0.1) is 0 Å². The summed E-state index contributed by atoms with van der Waals surface area (Å²) in [5.41, 5.74) is 8.55. The van der Waals surface area contributed by atoms with Crippen molar-refractivity contribution in [1.29, 1.82) is 0 Å². The van der Waals surface area contributed by atoms with E-state index in [2.05, 4.69) is 21.4 Å². The smallest absolute Gasteiger partial charge is 0.237 e. The fourth-order valence-corrected chi connectivity index (χ4v) is 2.98. The summed E-state index contributed by atoms with van der Waals surface area (Å²) in [5, 5.41) is 0.124. The topological polar surface area (TPSA) is 81.1 Å². The van der Waals surface area contributed by atoms with Gasteiger partial charge in [0.25, 0.3) is 0 Å². The number of anilines is 1. The molecule has 4 nitrogen and oxygen atoms in total. The number of nitrogens with two attached hydrogens (primary N) is 2. The number of carbonyl (C=O) groups is 1. The number of nitrogen functional groups attached to an aromatic ring is 1. The minimum Gasteiger partial charge on any atom is -0.399 e. The third-order valence-corrected chi connectivity index (χ3v) is 4.84. The van der Waals surface area contributed by atoms with E-state index < -0.39 is 0 Å². The second-order valence-electron chi connectivity index (χ2n) is 3.81. The van der Waals surface area contributed by atoms with Gasteiger partial charge in [0.2, 0.25) is 5.91 Å². The number of hydrazine groups is 1. The van der Waals surface area contributed by atoms with Gasteiger partial charge in [0.1, 0.15) is 0 Å². The van der Waals surface area contributed by atoms with Crippen molar-refractivity contribution in [2.75, 3.05) is 5.73 Å². The maximum Gasteiger partial charge on any atom is 0.237 e. The lowest BCUT2D eigenvalue weighted by Crippen LogP contribution is -2.38. The minimum absolute atomic E-state index is 0.124. The van der Waals surface area contributed by atoms with E-state index in [0.717, 1.165) is 9.37 Å². The highest BCUT2D eigenvalue weighted by Crippen LogP contribution is 2.34. The standard InChI is InChI=1S/C11H16BrN3OS/c1-6(11(16)15-14)7(2)17-10-4-3-8(13)5-9(10)12/h3-7H,13-14H2,1-2H3,(H,15,16). The van der Waals surface area contributed by atoms with Crippen molar-refractivity contribution in [3.05, 3.63) is 22.7 Å². The molecule has 0 saturated carbocycles. The third-order valence-electron chi connectivity index (χ3n) is 2.53. The Morgan fingerprint density at radius 1 is 1.47 bits per heavy atom. The third kappa shape index (κ3) is 3.90. The van der Waals surface area contributed by atoms with E-state index in [4.69, 9.17) is 11.6 Å². The second-order valence-corrected chi connectivity index (χ2v) is 6.08. The predicted molar refractivity (Wildman–Crippen MR) is 75.4 cm³/mol. The highest BCUT2D eigenvalue weighted by Gasteiger charge is 2.21. The molecule has 0 aliphatic heterocycles. The van der Waals surface area contributed by atoms with Crippen LogP contribution in [0.25, 0.3) is 0 Å². The van der Waals surface area contributed by atoms with Gasteiger partial charge < -0.3 is 5.73 Å². The summed E-state index contributed by atoms with van der Waals surface area (Å²) in [7, 11) is 0. The Morgan fingerprint density at radius 2 is 2.12 bits per heavy atom. The molecule has 94 valence electrons. The summed E-state index contributed by atoms with van der Waals surface area (Å²) >= 11 is 5.06. The molecule has 0 aliphatic carbocycles. The van der Waals surface area contributed by atoms with E-state index in [9.17, 15) is 4.79 Å². The largest absolute Gasteiger partial charge is 0.399 e. The van der Waals surface area contributed by atoms with E-state index in [1.807, 2.05) is 32.0 Å². The lowest BCUT2D eigenvalue weighted by Gasteiger charge is -2.18. The van der Waals surface area contributed by atoms with E-state index >= 15 is 0 Å². The second kappa shape index (κ2) is 6.28. The summed E-state index contributed by atoms with van der Waals surface area (Å²) in [6.45, 7) is 3.85. The van der Waals surface area contributed by atoms with Crippen LogP contribution < -0.4 is 17.0 Å². The van der Waals surface area contributed by atoms with Crippen LogP contribution in [0.4, 0.5) is 5.69 Å². The highest BCUT2D eigenvalue weighted by molar-refractivity contribution is 9.10. The van der Waals surface area contributed by atoms with E-state index in [0.29, 0.717) is 5.69 Å². The van der Waals surface area contributed by atoms with Gasteiger partial charge in [0.15, 0.2) is 0 Å². The lowest BCUT2D eigenvalue weighted by molar-refractivity contribution is -0.124. The van der Waals surface area contributed by atoms with Crippen molar-refractivity contribution in [2.24, 2.45) is 11.8 Å². The lowest BCUT2D eigenvalue weighted by atomic mass is 10.1. The van der Waals surface area contributed by atoms with Crippen LogP contribution in [-0.4, -0.2) is 11.2 Å². The number of carbonyl (C=O) groups excluding carboxylic acids is 1. The van der Waals surface area contributed by atoms with Crippen LogP contribution in [0.15, 0.2) is 27.6 Å². The van der Waals surface area contributed by atoms with Crippen molar-refractivity contribution in [3.63, 3.8) is 0 Å². The van der Waals surface area contributed by atoms with E-state index in [1.54, 1.807) is 11.8 Å². The van der Waals surface area contributed by atoms with Crippen LogP contribution in [0.5, 0.6) is 0 Å². The molecule has 5 N–H and O–H groups in total. The molecule has 0 aliphatic rings. The molecule has 17 heavy (non-hydrogen) atoms. The summed E-state index contributed by atoms with van der Waals surface area (Å²) < 4.78 is 0.940. The Kier molecular flexibility index (Phi) is 5.30. The van der Waals surface area contributed by atoms with Gasteiger partial charge in [-0.25, -0.2) is 5.84 Å². The van der Waals surface area contributed by atoms with Crippen LogP contribution in [-0.2, 0) is 4.79 Å². The average Bonchev–Trinajstić information content (AvgIpc) is 2.30. The van der Waals surface area contributed by atoms with Crippen molar-refractivity contribution >= 4 is 39.3 Å². The fourth-order valence-electron chi connectivity index (χ4n) is 1.26. The summed E-state index contributed by atoms with van der Waals surface area (Å²) in [5.74, 6) is 4.81. The molecular weight excluding hydrogens is 302 g/mol. The zero-order valence-electron chi connectivity index (χ0n) is 9.74. The molecule has 0 bridgehead atoms. The van der Waals surface area contributed by atoms with Crippen LogP contribution in [0.2, 0.25) is 0 Å². The van der Waals surface area contributed by atoms with Crippen molar-refractivity contribution in [1.82, 2.24) is 5.43 Å².